The molecule has 71 heavy (non-hydrogen) atoms. The Morgan fingerprint density at radius 2 is 0.648 bits per heavy atom. The number of para-hydroxylation sites is 4. The Morgan fingerprint density at radius 1 is 0.268 bits per heavy atom. The zero-order valence-electron chi connectivity index (χ0n) is 39.3. The molecule has 14 aromatic rings. The molecule has 0 radical (unpaired) electrons. The van der Waals surface area contributed by atoms with Crippen molar-refractivity contribution in [3.63, 3.8) is 0 Å². The number of fused-ring (bicyclic) bond motifs is 9. The molecule has 0 aliphatic heterocycles. The van der Waals surface area contributed by atoms with Gasteiger partial charge in [0.25, 0.3) is 0 Å². The molecule has 5 nitrogen and oxygen atoms in total. The standard InChI is InChI=1S/C66H45N5/c1-42-38-55(59-41-58(45-17-5-3-6-18-45)67-66(68-59)46-19-7-4-8-20-46)43(2)37-54(42)44-29-31-47(32-30-44)69-64-35-33-48(70-60-25-13-9-21-50(60)51-22-10-14-26-61(51)70)39-56(64)57-40-49(34-36-65(57)69)71-62-27-15-11-23-52(62)53-24-12-16-28-63(53)71/h3-41H,1-2H3. The number of nitrogens with zero attached hydrogens (tertiary/aromatic N) is 5. The molecule has 4 aromatic heterocycles. The largest absolute Gasteiger partial charge is 0.309 e. The third-order valence-corrected chi connectivity index (χ3v) is 14.5. The van der Waals surface area contributed by atoms with Crippen molar-refractivity contribution in [3.8, 4) is 62.1 Å². The van der Waals surface area contributed by atoms with Crippen LogP contribution in [0.3, 0.4) is 0 Å². The molecule has 0 atom stereocenters. The molecule has 0 aliphatic carbocycles. The molecule has 0 bridgehead atoms. The molecule has 0 aliphatic rings. The van der Waals surface area contributed by atoms with E-state index in [0.29, 0.717) is 0 Å². The minimum Gasteiger partial charge on any atom is -0.309 e. The molecule has 0 N–H and O–H groups in total. The molecule has 4 heterocycles. The molecule has 0 fully saturated rings. The van der Waals surface area contributed by atoms with Crippen molar-refractivity contribution in [2.45, 2.75) is 13.8 Å². The summed E-state index contributed by atoms with van der Waals surface area (Å²) < 4.78 is 7.28. The molecule has 0 saturated carbocycles. The molecule has 0 amide bonds. The summed E-state index contributed by atoms with van der Waals surface area (Å²) in [4.78, 5) is 10.2. The number of hydrogen-bond acceptors (Lipinski definition) is 2. The lowest BCUT2D eigenvalue weighted by molar-refractivity contribution is 1.16. The van der Waals surface area contributed by atoms with E-state index in [1.807, 2.05) is 24.3 Å². The van der Waals surface area contributed by atoms with E-state index in [0.717, 1.165) is 67.6 Å². The van der Waals surface area contributed by atoms with Crippen LogP contribution in [0.1, 0.15) is 11.1 Å². The van der Waals surface area contributed by atoms with Crippen molar-refractivity contribution in [2.24, 2.45) is 0 Å². The van der Waals surface area contributed by atoms with Gasteiger partial charge in [0.1, 0.15) is 0 Å². The summed E-state index contributed by atoms with van der Waals surface area (Å²) in [7, 11) is 0. The Hall–Kier alpha value is -9.32. The van der Waals surface area contributed by atoms with Gasteiger partial charge in [-0.2, -0.15) is 0 Å². The normalized spacial score (nSPS) is 11.8. The number of hydrogen-bond donors (Lipinski definition) is 0. The van der Waals surface area contributed by atoms with Gasteiger partial charge < -0.3 is 13.7 Å². The van der Waals surface area contributed by atoms with E-state index in [-0.39, 0.29) is 0 Å². The predicted octanol–water partition coefficient (Wildman–Crippen LogP) is 17.1. The van der Waals surface area contributed by atoms with Crippen molar-refractivity contribution < 1.29 is 0 Å². The summed E-state index contributed by atoms with van der Waals surface area (Å²) in [5.74, 6) is 0.717. The lowest BCUT2D eigenvalue weighted by Gasteiger charge is -2.15. The third kappa shape index (κ3) is 6.54. The summed E-state index contributed by atoms with van der Waals surface area (Å²) >= 11 is 0. The van der Waals surface area contributed by atoms with Crippen LogP contribution in [0.5, 0.6) is 0 Å². The first-order valence-corrected chi connectivity index (χ1v) is 24.3. The average Bonchev–Trinajstić information content (AvgIpc) is 4.07. The van der Waals surface area contributed by atoms with E-state index >= 15 is 0 Å². The van der Waals surface area contributed by atoms with Crippen LogP contribution in [0, 0.1) is 13.8 Å². The zero-order chi connectivity index (χ0) is 47.2. The lowest BCUT2D eigenvalue weighted by Crippen LogP contribution is -1.98. The summed E-state index contributed by atoms with van der Waals surface area (Å²) in [5, 5.41) is 7.41. The van der Waals surface area contributed by atoms with Crippen LogP contribution in [-0.4, -0.2) is 23.7 Å². The predicted molar refractivity (Wildman–Crippen MR) is 296 cm³/mol. The Balaban J connectivity index is 0.910. The fraction of sp³-hybridized carbons (Fsp3) is 0.0303. The average molecular weight is 908 g/mol. The smallest absolute Gasteiger partial charge is 0.160 e. The second-order valence-corrected chi connectivity index (χ2v) is 18.7. The summed E-state index contributed by atoms with van der Waals surface area (Å²) in [6.07, 6.45) is 0. The number of aryl methyl sites for hydroxylation is 2. The van der Waals surface area contributed by atoms with Crippen LogP contribution in [0.4, 0.5) is 0 Å². The fourth-order valence-electron chi connectivity index (χ4n) is 11.2. The summed E-state index contributed by atoms with van der Waals surface area (Å²) in [6, 6.07) is 85.5. The molecular weight excluding hydrogens is 863 g/mol. The maximum atomic E-state index is 5.17. The van der Waals surface area contributed by atoms with Gasteiger partial charge in [0.2, 0.25) is 0 Å². The maximum Gasteiger partial charge on any atom is 0.160 e. The van der Waals surface area contributed by atoms with Gasteiger partial charge in [0.15, 0.2) is 5.82 Å². The van der Waals surface area contributed by atoms with Crippen molar-refractivity contribution >= 4 is 65.4 Å². The van der Waals surface area contributed by atoms with Gasteiger partial charge >= 0.3 is 0 Å². The van der Waals surface area contributed by atoms with Gasteiger partial charge in [-0.1, -0.05) is 152 Å². The van der Waals surface area contributed by atoms with E-state index in [4.69, 9.17) is 9.97 Å². The highest BCUT2D eigenvalue weighted by Gasteiger charge is 2.20. The van der Waals surface area contributed by atoms with E-state index in [1.165, 1.54) is 71.1 Å². The fourth-order valence-corrected chi connectivity index (χ4v) is 11.2. The first-order chi connectivity index (χ1) is 35.0. The topological polar surface area (TPSA) is 40.6 Å². The molecular formula is C66H45N5. The molecule has 10 aromatic carbocycles. The highest BCUT2D eigenvalue weighted by molar-refractivity contribution is 6.14. The minimum atomic E-state index is 0.717. The molecule has 14 rings (SSSR count). The van der Waals surface area contributed by atoms with Crippen LogP contribution in [0.15, 0.2) is 237 Å². The van der Waals surface area contributed by atoms with Crippen molar-refractivity contribution in [1.29, 1.82) is 0 Å². The molecule has 0 saturated heterocycles. The number of benzene rings is 10. The second kappa shape index (κ2) is 16.2. The van der Waals surface area contributed by atoms with Crippen LogP contribution < -0.4 is 0 Å². The van der Waals surface area contributed by atoms with Gasteiger partial charge in [-0.05, 0) is 121 Å². The van der Waals surface area contributed by atoms with Gasteiger partial charge in [0.05, 0.1) is 44.5 Å². The zero-order valence-corrected chi connectivity index (χ0v) is 39.3. The SMILES string of the molecule is Cc1cc(-c2cc(-c3ccccc3)nc(-c3ccccc3)n2)c(C)cc1-c1ccc(-n2c3ccc(-n4c5ccccc5c5ccccc54)cc3c3cc(-n4c5ccccc5c5ccccc54)ccc32)cc1. The van der Waals surface area contributed by atoms with Gasteiger partial charge in [-0.25, -0.2) is 9.97 Å². The number of aromatic nitrogens is 5. The van der Waals surface area contributed by atoms with Gasteiger partial charge in [0, 0.05) is 66.1 Å². The highest BCUT2D eigenvalue weighted by atomic mass is 15.0. The van der Waals surface area contributed by atoms with Crippen molar-refractivity contribution in [1.82, 2.24) is 23.7 Å². The molecule has 5 heteroatoms. The Morgan fingerprint density at radius 3 is 1.15 bits per heavy atom. The molecule has 0 unspecified atom stereocenters. The second-order valence-electron chi connectivity index (χ2n) is 18.7. The summed E-state index contributed by atoms with van der Waals surface area (Å²) in [5.41, 5.74) is 20.2. The Labute approximate surface area is 410 Å². The van der Waals surface area contributed by atoms with Gasteiger partial charge in [-0.3, -0.25) is 0 Å². The first-order valence-electron chi connectivity index (χ1n) is 24.3. The van der Waals surface area contributed by atoms with Crippen molar-refractivity contribution in [2.75, 3.05) is 0 Å². The highest BCUT2D eigenvalue weighted by Crippen LogP contribution is 2.41. The lowest BCUT2D eigenvalue weighted by atomic mass is 9.93. The third-order valence-electron chi connectivity index (χ3n) is 14.5. The van der Waals surface area contributed by atoms with E-state index in [9.17, 15) is 0 Å². The quantitative estimate of drug-likeness (QED) is 0.160. The van der Waals surface area contributed by atoms with Crippen LogP contribution in [0.25, 0.3) is 128 Å². The summed E-state index contributed by atoms with van der Waals surface area (Å²) in [6.45, 7) is 4.40. The van der Waals surface area contributed by atoms with Crippen molar-refractivity contribution in [3.05, 3.63) is 248 Å². The van der Waals surface area contributed by atoms with E-state index in [2.05, 4.69) is 240 Å². The van der Waals surface area contributed by atoms with Gasteiger partial charge in [-0.15, -0.1) is 0 Å². The van der Waals surface area contributed by atoms with E-state index < -0.39 is 0 Å². The minimum absolute atomic E-state index is 0.717. The maximum absolute atomic E-state index is 5.17. The first kappa shape index (κ1) is 40.7. The Bertz CT molecular complexity index is 4070. The van der Waals surface area contributed by atoms with E-state index in [1.54, 1.807) is 0 Å². The monoisotopic (exact) mass is 907 g/mol. The Kier molecular flexibility index (Phi) is 9.26. The van der Waals surface area contributed by atoms with Crippen LogP contribution >= 0.6 is 0 Å². The van der Waals surface area contributed by atoms with Crippen LogP contribution in [0.2, 0.25) is 0 Å². The molecule has 334 valence electrons. The van der Waals surface area contributed by atoms with Crippen LogP contribution in [-0.2, 0) is 0 Å². The molecule has 0 spiro atoms. The number of rotatable bonds is 7.